The first-order chi connectivity index (χ1) is 8.70. The van der Waals surface area contributed by atoms with Crippen LogP contribution in [0.25, 0.3) is 21.8 Å². The van der Waals surface area contributed by atoms with Crippen LogP contribution in [0, 0.1) is 6.92 Å². The molecule has 1 aromatic carbocycles. The van der Waals surface area contributed by atoms with Crippen LogP contribution in [0.15, 0.2) is 30.3 Å². The Morgan fingerprint density at radius 2 is 1.83 bits per heavy atom. The maximum atomic E-state index is 5.98. The molecule has 0 spiro atoms. The second-order valence-electron chi connectivity index (χ2n) is 4.13. The van der Waals surface area contributed by atoms with Crippen molar-refractivity contribution in [2.75, 3.05) is 7.11 Å². The number of nitrogens with zero attached hydrogens (tertiary/aromatic N) is 2. The quantitative estimate of drug-likeness (QED) is 0.492. The lowest BCUT2D eigenvalue weighted by Gasteiger charge is -2.09. The highest BCUT2D eigenvalue weighted by molar-refractivity contribution is 6.30. The highest BCUT2D eigenvalue weighted by Gasteiger charge is 2.11. The largest absolute Gasteiger partial charge is 0.480 e. The zero-order valence-electron chi connectivity index (χ0n) is 10.1. The molecule has 2 heterocycles. The van der Waals surface area contributed by atoms with Crippen molar-refractivity contribution in [3.8, 4) is 5.88 Å². The highest BCUT2D eigenvalue weighted by atomic mass is 35.5. The van der Waals surface area contributed by atoms with Crippen LogP contribution in [-0.2, 0) is 0 Å². The molecule has 2 aromatic heterocycles. The number of ether oxygens (including phenoxy) is 1. The van der Waals surface area contributed by atoms with Gasteiger partial charge in [0.25, 0.3) is 0 Å². The van der Waals surface area contributed by atoms with E-state index < -0.39 is 0 Å². The molecule has 4 heteroatoms. The van der Waals surface area contributed by atoms with Crippen LogP contribution >= 0.6 is 11.6 Å². The number of fused-ring (bicyclic) bond motifs is 3. The van der Waals surface area contributed by atoms with Crippen molar-refractivity contribution in [3.63, 3.8) is 0 Å². The Kier molecular flexibility index (Phi) is 2.56. The van der Waals surface area contributed by atoms with Gasteiger partial charge >= 0.3 is 0 Å². The van der Waals surface area contributed by atoms with Crippen LogP contribution in [0.2, 0.25) is 5.15 Å². The van der Waals surface area contributed by atoms with Crippen molar-refractivity contribution in [2.24, 2.45) is 0 Å². The first-order valence-corrected chi connectivity index (χ1v) is 5.98. The lowest BCUT2D eigenvalue weighted by Crippen LogP contribution is -1.94. The molecule has 0 saturated carbocycles. The molecule has 0 radical (unpaired) electrons. The van der Waals surface area contributed by atoms with Crippen molar-refractivity contribution in [1.82, 2.24) is 9.97 Å². The van der Waals surface area contributed by atoms with Crippen molar-refractivity contribution >= 4 is 33.4 Å². The second kappa shape index (κ2) is 4.10. The maximum absolute atomic E-state index is 5.98. The monoisotopic (exact) mass is 258 g/mol. The predicted octanol–water partition coefficient (Wildman–Crippen LogP) is 3.75. The van der Waals surface area contributed by atoms with E-state index in [1.807, 2.05) is 37.3 Å². The molecule has 0 bridgehead atoms. The maximum Gasteiger partial charge on any atom is 0.223 e. The van der Waals surface area contributed by atoms with Gasteiger partial charge in [0.2, 0.25) is 5.88 Å². The average Bonchev–Trinajstić information content (AvgIpc) is 2.36. The van der Waals surface area contributed by atoms with Gasteiger partial charge in [-0.05, 0) is 30.0 Å². The van der Waals surface area contributed by atoms with Crippen LogP contribution in [-0.4, -0.2) is 17.1 Å². The third-order valence-corrected chi connectivity index (χ3v) is 3.19. The fraction of sp³-hybridized carbons (Fsp3) is 0.143. The number of hydrogen-bond acceptors (Lipinski definition) is 3. The van der Waals surface area contributed by atoms with Crippen LogP contribution in [0.5, 0.6) is 5.88 Å². The Labute approximate surface area is 109 Å². The lowest BCUT2D eigenvalue weighted by molar-refractivity contribution is 0.404. The van der Waals surface area contributed by atoms with E-state index >= 15 is 0 Å². The third-order valence-electron chi connectivity index (χ3n) is 2.99. The van der Waals surface area contributed by atoms with Crippen molar-refractivity contribution in [3.05, 3.63) is 41.0 Å². The molecule has 0 unspecified atom stereocenters. The van der Waals surface area contributed by atoms with Crippen LogP contribution < -0.4 is 4.74 Å². The molecule has 0 amide bonds. The summed E-state index contributed by atoms with van der Waals surface area (Å²) in [5.41, 5.74) is 1.69. The predicted molar refractivity (Wildman–Crippen MR) is 73.3 cm³/mol. The molecule has 90 valence electrons. The van der Waals surface area contributed by atoms with E-state index in [-0.39, 0.29) is 0 Å². The van der Waals surface area contributed by atoms with Gasteiger partial charge in [0, 0.05) is 10.8 Å². The number of rotatable bonds is 1. The molecule has 0 N–H and O–H groups in total. The lowest BCUT2D eigenvalue weighted by atomic mass is 10.1. The fourth-order valence-electron chi connectivity index (χ4n) is 2.23. The molecular formula is C14H11ClN2O. The van der Waals surface area contributed by atoms with Gasteiger partial charge in [0.05, 0.1) is 7.11 Å². The minimum absolute atomic E-state index is 0.449. The molecule has 0 fully saturated rings. The Bertz CT molecular complexity index is 755. The van der Waals surface area contributed by atoms with E-state index in [1.165, 1.54) is 0 Å². The summed E-state index contributed by atoms with van der Waals surface area (Å²) in [5, 5.41) is 3.54. The van der Waals surface area contributed by atoms with Gasteiger partial charge in [-0.1, -0.05) is 29.8 Å². The topological polar surface area (TPSA) is 35.0 Å². The van der Waals surface area contributed by atoms with E-state index in [9.17, 15) is 0 Å². The minimum atomic E-state index is 0.449. The summed E-state index contributed by atoms with van der Waals surface area (Å²) in [6, 6.07) is 9.86. The summed E-state index contributed by atoms with van der Waals surface area (Å²) in [6.45, 7) is 2.01. The number of aromatic nitrogens is 2. The Hall–Kier alpha value is -1.87. The van der Waals surface area contributed by atoms with Gasteiger partial charge in [0.1, 0.15) is 5.15 Å². The number of hydrogen-bond donors (Lipinski definition) is 0. The third kappa shape index (κ3) is 1.59. The molecule has 3 rings (SSSR count). The zero-order valence-corrected chi connectivity index (χ0v) is 10.8. The second-order valence-corrected chi connectivity index (χ2v) is 4.51. The van der Waals surface area contributed by atoms with Crippen molar-refractivity contribution in [1.29, 1.82) is 0 Å². The molecule has 0 atom stereocenters. The number of benzene rings is 1. The smallest absolute Gasteiger partial charge is 0.223 e. The molecule has 0 aliphatic rings. The van der Waals surface area contributed by atoms with E-state index in [1.54, 1.807) is 7.11 Å². The summed E-state index contributed by atoms with van der Waals surface area (Å²) >= 11 is 5.98. The SMILES string of the molecule is COc1nc2nc(Cl)cc(C)c2c2ccccc12. The normalized spacial score (nSPS) is 11.1. The van der Waals surface area contributed by atoms with E-state index in [2.05, 4.69) is 9.97 Å². The summed E-state index contributed by atoms with van der Waals surface area (Å²) < 4.78 is 5.32. The molecule has 3 nitrogen and oxygen atoms in total. The van der Waals surface area contributed by atoms with Gasteiger partial charge in [-0.25, -0.2) is 4.98 Å². The minimum Gasteiger partial charge on any atom is -0.480 e. The van der Waals surface area contributed by atoms with Gasteiger partial charge in [-0.3, -0.25) is 0 Å². The molecule has 0 aliphatic heterocycles. The molecular weight excluding hydrogens is 248 g/mol. The number of halogens is 1. The molecule has 0 aliphatic carbocycles. The van der Waals surface area contributed by atoms with E-state index in [4.69, 9.17) is 16.3 Å². The number of aryl methyl sites for hydroxylation is 1. The average molecular weight is 259 g/mol. The van der Waals surface area contributed by atoms with Crippen molar-refractivity contribution < 1.29 is 4.74 Å². The number of methoxy groups -OCH3 is 1. The molecule has 0 saturated heterocycles. The Balaban J connectivity index is 2.59. The Morgan fingerprint density at radius 3 is 2.56 bits per heavy atom. The summed E-state index contributed by atoms with van der Waals surface area (Å²) in [6.07, 6.45) is 0. The van der Waals surface area contributed by atoms with Gasteiger partial charge in [-0.2, -0.15) is 4.98 Å². The first-order valence-electron chi connectivity index (χ1n) is 5.60. The molecule has 3 aromatic rings. The molecule has 18 heavy (non-hydrogen) atoms. The fourth-order valence-corrected chi connectivity index (χ4v) is 2.47. The summed E-state index contributed by atoms with van der Waals surface area (Å²) in [5.74, 6) is 0.576. The van der Waals surface area contributed by atoms with Gasteiger partial charge in [-0.15, -0.1) is 0 Å². The van der Waals surface area contributed by atoms with Crippen molar-refractivity contribution in [2.45, 2.75) is 6.92 Å². The van der Waals surface area contributed by atoms with Gasteiger partial charge < -0.3 is 4.74 Å². The van der Waals surface area contributed by atoms with Crippen LogP contribution in [0.3, 0.4) is 0 Å². The Morgan fingerprint density at radius 1 is 1.11 bits per heavy atom. The summed E-state index contributed by atoms with van der Waals surface area (Å²) in [7, 11) is 1.61. The van der Waals surface area contributed by atoms with Crippen LogP contribution in [0.1, 0.15) is 5.56 Å². The van der Waals surface area contributed by atoms with E-state index in [0.29, 0.717) is 16.7 Å². The van der Waals surface area contributed by atoms with Crippen LogP contribution in [0.4, 0.5) is 0 Å². The standard InChI is InChI=1S/C14H11ClN2O/c1-8-7-11(15)16-13-12(8)9-5-3-4-6-10(9)14(17-13)18-2/h3-7H,1-2H3. The first kappa shape index (κ1) is 11.2. The van der Waals surface area contributed by atoms with Gasteiger partial charge in [0.15, 0.2) is 5.65 Å². The summed E-state index contributed by atoms with van der Waals surface area (Å²) in [4.78, 5) is 8.70. The number of pyridine rings is 2. The zero-order chi connectivity index (χ0) is 12.7. The van der Waals surface area contributed by atoms with E-state index in [0.717, 1.165) is 21.7 Å². The highest BCUT2D eigenvalue weighted by Crippen LogP contribution is 2.32.